The van der Waals surface area contributed by atoms with Crippen LogP contribution < -0.4 is 15.8 Å². The summed E-state index contributed by atoms with van der Waals surface area (Å²) in [5, 5.41) is 2.90. The van der Waals surface area contributed by atoms with Crippen LogP contribution in [0.2, 0.25) is 0 Å². The summed E-state index contributed by atoms with van der Waals surface area (Å²) in [7, 11) is 0. The van der Waals surface area contributed by atoms with E-state index in [2.05, 4.69) is 10.1 Å². The first-order valence-electron chi connectivity index (χ1n) is 6.72. The Hall–Kier alpha value is -1.47. The smallest absolute Gasteiger partial charge is 0.406 e. The van der Waals surface area contributed by atoms with Crippen molar-refractivity contribution in [2.75, 3.05) is 6.54 Å². The van der Waals surface area contributed by atoms with Gasteiger partial charge in [0.25, 0.3) is 5.91 Å². The molecule has 0 unspecified atom stereocenters. The summed E-state index contributed by atoms with van der Waals surface area (Å²) in [6.45, 7) is 0.355. The van der Waals surface area contributed by atoms with Crippen LogP contribution in [0.25, 0.3) is 0 Å². The zero-order valence-electron chi connectivity index (χ0n) is 11.8. The Bertz CT molecular complexity index is 500. The van der Waals surface area contributed by atoms with Gasteiger partial charge in [-0.15, -0.1) is 25.6 Å². The van der Waals surface area contributed by atoms with Crippen molar-refractivity contribution in [2.45, 2.75) is 37.6 Å². The van der Waals surface area contributed by atoms with Gasteiger partial charge in [-0.1, -0.05) is 12.8 Å². The maximum Gasteiger partial charge on any atom is 0.573 e. The summed E-state index contributed by atoms with van der Waals surface area (Å²) in [6, 6.07) is 4.84. The highest BCUT2D eigenvalue weighted by Gasteiger charge is 2.34. The molecule has 1 aromatic rings. The fourth-order valence-electron chi connectivity index (χ4n) is 2.55. The van der Waals surface area contributed by atoms with E-state index in [1.54, 1.807) is 0 Å². The Labute approximate surface area is 132 Å². The minimum Gasteiger partial charge on any atom is -0.406 e. The molecule has 0 aliphatic heterocycles. The van der Waals surface area contributed by atoms with E-state index >= 15 is 0 Å². The van der Waals surface area contributed by atoms with Crippen molar-refractivity contribution in [1.29, 1.82) is 0 Å². The molecule has 3 N–H and O–H groups in total. The van der Waals surface area contributed by atoms with Gasteiger partial charge in [-0.05, 0) is 37.1 Å². The van der Waals surface area contributed by atoms with Crippen molar-refractivity contribution in [1.82, 2.24) is 5.32 Å². The number of hydrogen-bond acceptors (Lipinski definition) is 3. The van der Waals surface area contributed by atoms with E-state index in [-0.39, 0.29) is 29.6 Å². The van der Waals surface area contributed by atoms with E-state index < -0.39 is 11.9 Å². The molecule has 1 amide bonds. The predicted octanol–water partition coefficient (Wildman–Crippen LogP) is 3.01. The van der Waals surface area contributed by atoms with Gasteiger partial charge in [0, 0.05) is 12.1 Å². The third kappa shape index (κ3) is 4.78. The lowest BCUT2D eigenvalue weighted by Crippen LogP contribution is -2.51. The molecule has 124 valence electrons. The third-order valence-corrected chi connectivity index (χ3v) is 3.68. The lowest BCUT2D eigenvalue weighted by molar-refractivity contribution is -0.274. The van der Waals surface area contributed by atoms with Crippen molar-refractivity contribution in [3.05, 3.63) is 29.8 Å². The van der Waals surface area contributed by atoms with Crippen LogP contribution in [-0.4, -0.2) is 24.4 Å². The highest BCUT2D eigenvalue weighted by atomic mass is 35.5. The monoisotopic (exact) mass is 338 g/mol. The molecule has 0 heterocycles. The lowest BCUT2D eigenvalue weighted by Gasteiger charge is -2.28. The fraction of sp³-hybridized carbons (Fsp3) is 0.500. The van der Waals surface area contributed by atoms with Crippen LogP contribution in [0.3, 0.4) is 0 Å². The van der Waals surface area contributed by atoms with Gasteiger partial charge in [0.2, 0.25) is 0 Å². The molecule has 1 fully saturated rings. The topological polar surface area (TPSA) is 64.3 Å². The van der Waals surface area contributed by atoms with Gasteiger partial charge in [0.05, 0.1) is 5.54 Å². The Morgan fingerprint density at radius 3 is 2.23 bits per heavy atom. The number of carbonyl (C=O) groups excluding carboxylic acids is 1. The van der Waals surface area contributed by atoms with E-state index in [0.717, 1.165) is 37.8 Å². The quantitative estimate of drug-likeness (QED) is 0.887. The van der Waals surface area contributed by atoms with Crippen molar-refractivity contribution < 1.29 is 22.7 Å². The van der Waals surface area contributed by atoms with Crippen molar-refractivity contribution >= 4 is 18.3 Å². The van der Waals surface area contributed by atoms with Gasteiger partial charge >= 0.3 is 6.36 Å². The molecule has 22 heavy (non-hydrogen) atoms. The predicted molar refractivity (Wildman–Crippen MR) is 78.1 cm³/mol. The summed E-state index contributed by atoms with van der Waals surface area (Å²) < 4.78 is 39.9. The number of rotatable bonds is 4. The summed E-state index contributed by atoms with van der Waals surface area (Å²) in [5.41, 5.74) is 5.62. The highest BCUT2D eigenvalue weighted by molar-refractivity contribution is 5.94. The largest absolute Gasteiger partial charge is 0.573 e. The van der Waals surface area contributed by atoms with Gasteiger partial charge in [-0.3, -0.25) is 4.79 Å². The SMILES string of the molecule is Cl.NCC1(NC(=O)c2ccc(OC(F)(F)F)cc2)CCCC1. The van der Waals surface area contributed by atoms with Gasteiger partial charge in [0.1, 0.15) is 5.75 Å². The average molecular weight is 339 g/mol. The minimum atomic E-state index is -4.74. The van der Waals surface area contributed by atoms with E-state index in [1.807, 2.05) is 0 Å². The molecule has 1 saturated carbocycles. The van der Waals surface area contributed by atoms with Crippen LogP contribution >= 0.6 is 12.4 Å². The molecule has 4 nitrogen and oxygen atoms in total. The van der Waals surface area contributed by atoms with Gasteiger partial charge in [-0.25, -0.2) is 0 Å². The van der Waals surface area contributed by atoms with Gasteiger partial charge < -0.3 is 15.8 Å². The Balaban J connectivity index is 0.00000242. The molecule has 0 spiro atoms. The normalized spacial score (nSPS) is 16.7. The van der Waals surface area contributed by atoms with E-state index in [0.29, 0.717) is 6.54 Å². The molecule has 8 heteroatoms. The molecule has 1 aliphatic rings. The molecule has 1 aromatic carbocycles. The first kappa shape index (κ1) is 18.6. The number of carbonyl (C=O) groups is 1. The van der Waals surface area contributed by atoms with Crippen LogP contribution in [0.1, 0.15) is 36.0 Å². The zero-order valence-corrected chi connectivity index (χ0v) is 12.6. The summed E-state index contributed by atoms with van der Waals surface area (Å²) in [4.78, 5) is 12.1. The average Bonchev–Trinajstić information content (AvgIpc) is 2.87. The van der Waals surface area contributed by atoms with Crippen LogP contribution in [0.5, 0.6) is 5.75 Å². The molecule has 0 aromatic heterocycles. The van der Waals surface area contributed by atoms with Gasteiger partial charge in [0.15, 0.2) is 0 Å². The number of amides is 1. The Morgan fingerprint density at radius 1 is 1.23 bits per heavy atom. The fourth-order valence-corrected chi connectivity index (χ4v) is 2.55. The molecule has 0 saturated heterocycles. The number of nitrogens with one attached hydrogen (secondary N) is 1. The summed E-state index contributed by atoms with van der Waals surface area (Å²) in [6.07, 6.45) is -1.07. The van der Waals surface area contributed by atoms with E-state index in [4.69, 9.17) is 5.73 Å². The summed E-state index contributed by atoms with van der Waals surface area (Å²) in [5.74, 6) is -0.686. The van der Waals surface area contributed by atoms with Crippen molar-refractivity contribution in [2.24, 2.45) is 5.73 Å². The molecule has 2 rings (SSSR count). The number of halogens is 4. The van der Waals surface area contributed by atoms with Crippen LogP contribution in [0.4, 0.5) is 13.2 Å². The second kappa shape index (κ2) is 7.19. The van der Waals surface area contributed by atoms with Crippen LogP contribution in [-0.2, 0) is 0 Å². The van der Waals surface area contributed by atoms with E-state index in [1.165, 1.54) is 12.1 Å². The zero-order chi connectivity index (χ0) is 15.5. The van der Waals surface area contributed by atoms with E-state index in [9.17, 15) is 18.0 Å². The number of alkyl halides is 3. The molecule has 0 radical (unpaired) electrons. The second-order valence-corrected chi connectivity index (χ2v) is 5.22. The maximum absolute atomic E-state index is 12.1. The van der Waals surface area contributed by atoms with Gasteiger partial charge in [-0.2, -0.15) is 0 Å². The Morgan fingerprint density at radius 2 is 1.77 bits per heavy atom. The Kier molecular flexibility index (Phi) is 6.08. The molecule has 1 aliphatic carbocycles. The van der Waals surface area contributed by atoms with Crippen LogP contribution in [0, 0.1) is 0 Å². The van der Waals surface area contributed by atoms with Crippen LogP contribution in [0.15, 0.2) is 24.3 Å². The standard InChI is InChI=1S/C14H17F3N2O2.ClH/c15-14(16,17)21-11-5-3-10(4-6-11)12(20)19-13(9-18)7-1-2-8-13;/h3-6H,1-2,7-9,18H2,(H,19,20);1H. The first-order valence-corrected chi connectivity index (χ1v) is 6.72. The molecular formula is C14H18ClF3N2O2. The molecular weight excluding hydrogens is 321 g/mol. The summed E-state index contributed by atoms with van der Waals surface area (Å²) >= 11 is 0. The second-order valence-electron chi connectivity index (χ2n) is 5.22. The molecule has 0 atom stereocenters. The minimum absolute atomic E-state index is 0. The van der Waals surface area contributed by atoms with Crippen molar-refractivity contribution in [3.63, 3.8) is 0 Å². The first-order chi connectivity index (χ1) is 9.84. The number of ether oxygens (including phenoxy) is 1. The third-order valence-electron chi connectivity index (χ3n) is 3.68. The number of nitrogens with two attached hydrogens (primary N) is 1. The highest BCUT2D eigenvalue weighted by Crippen LogP contribution is 2.29. The molecule has 0 bridgehead atoms. The maximum atomic E-state index is 12.1. The number of hydrogen-bond donors (Lipinski definition) is 2. The number of benzene rings is 1. The van der Waals surface area contributed by atoms with Crippen molar-refractivity contribution in [3.8, 4) is 5.75 Å². The lowest BCUT2D eigenvalue weighted by atomic mass is 9.97.